The van der Waals surface area contributed by atoms with Crippen molar-refractivity contribution < 1.29 is 9.90 Å². The maximum atomic E-state index is 11.0. The average molecular weight is 233 g/mol. The average Bonchev–Trinajstić information content (AvgIpc) is 2.39. The van der Waals surface area contributed by atoms with Crippen LogP contribution in [-0.2, 0) is 4.79 Å². The topological polar surface area (TPSA) is 49.3 Å². The van der Waals surface area contributed by atoms with Crippen LogP contribution in [0.5, 0.6) is 0 Å². The van der Waals surface area contributed by atoms with Crippen molar-refractivity contribution in [2.24, 2.45) is 0 Å². The largest absolute Gasteiger partial charge is 0.481 e. The van der Waals surface area contributed by atoms with Gasteiger partial charge in [-0.3, -0.25) is 4.79 Å². The van der Waals surface area contributed by atoms with Crippen LogP contribution >= 0.6 is 0 Å². The SMILES string of the molecule is CC(C(=O)O)c1cccc(C2CCCNC2)c1. The Bertz CT molecular complexity index is 397. The third-order valence-electron chi connectivity index (χ3n) is 3.55. The first-order valence-electron chi connectivity index (χ1n) is 6.22. The molecule has 3 nitrogen and oxygen atoms in total. The summed E-state index contributed by atoms with van der Waals surface area (Å²) < 4.78 is 0. The Kier molecular flexibility index (Phi) is 3.79. The van der Waals surface area contributed by atoms with E-state index in [-0.39, 0.29) is 0 Å². The molecule has 2 atom stereocenters. The second-order valence-electron chi connectivity index (χ2n) is 4.77. The summed E-state index contributed by atoms with van der Waals surface area (Å²) in [5.74, 6) is -0.653. The summed E-state index contributed by atoms with van der Waals surface area (Å²) in [5.41, 5.74) is 2.17. The molecule has 0 saturated carbocycles. The standard InChI is InChI=1S/C14H19NO2/c1-10(14(16)17)11-4-2-5-12(8-11)13-6-3-7-15-9-13/h2,4-5,8,10,13,15H,3,6-7,9H2,1H3,(H,16,17). The van der Waals surface area contributed by atoms with E-state index in [4.69, 9.17) is 5.11 Å². The Labute approximate surface area is 102 Å². The first-order valence-corrected chi connectivity index (χ1v) is 6.22. The zero-order valence-electron chi connectivity index (χ0n) is 10.1. The van der Waals surface area contributed by atoms with Crippen LogP contribution in [0.4, 0.5) is 0 Å². The van der Waals surface area contributed by atoms with Crippen LogP contribution in [0, 0.1) is 0 Å². The fraction of sp³-hybridized carbons (Fsp3) is 0.500. The number of carboxylic acid groups (broad SMARTS) is 1. The molecule has 0 aliphatic carbocycles. The second-order valence-corrected chi connectivity index (χ2v) is 4.77. The fourth-order valence-corrected chi connectivity index (χ4v) is 2.36. The Balaban J connectivity index is 2.18. The molecule has 2 rings (SSSR count). The maximum Gasteiger partial charge on any atom is 0.310 e. The smallest absolute Gasteiger partial charge is 0.310 e. The lowest BCUT2D eigenvalue weighted by Crippen LogP contribution is -2.28. The molecule has 1 aliphatic rings. The Morgan fingerprint density at radius 3 is 3.00 bits per heavy atom. The van der Waals surface area contributed by atoms with Crippen LogP contribution in [0.1, 0.15) is 42.7 Å². The van der Waals surface area contributed by atoms with Crippen LogP contribution in [0.25, 0.3) is 0 Å². The molecule has 0 spiro atoms. The van der Waals surface area contributed by atoms with Crippen molar-refractivity contribution in [3.05, 3.63) is 35.4 Å². The van der Waals surface area contributed by atoms with Gasteiger partial charge in [-0.1, -0.05) is 24.3 Å². The van der Waals surface area contributed by atoms with Crippen LogP contribution < -0.4 is 5.32 Å². The normalized spacial score (nSPS) is 22.1. The lowest BCUT2D eigenvalue weighted by atomic mass is 9.89. The van der Waals surface area contributed by atoms with E-state index in [9.17, 15) is 4.79 Å². The number of carboxylic acids is 1. The fourth-order valence-electron chi connectivity index (χ4n) is 2.36. The Hall–Kier alpha value is -1.35. The summed E-state index contributed by atoms with van der Waals surface area (Å²) in [6, 6.07) is 8.03. The summed E-state index contributed by atoms with van der Waals surface area (Å²) in [6.07, 6.45) is 2.39. The van der Waals surface area contributed by atoms with Crippen LogP contribution in [0.3, 0.4) is 0 Å². The van der Waals surface area contributed by atoms with E-state index in [0.717, 1.165) is 18.7 Å². The van der Waals surface area contributed by atoms with Gasteiger partial charge in [-0.2, -0.15) is 0 Å². The highest BCUT2D eigenvalue weighted by Crippen LogP contribution is 2.26. The van der Waals surface area contributed by atoms with Gasteiger partial charge in [-0.25, -0.2) is 0 Å². The molecule has 1 aromatic rings. The van der Waals surface area contributed by atoms with Gasteiger partial charge in [0.15, 0.2) is 0 Å². The number of hydrogen-bond donors (Lipinski definition) is 2. The first kappa shape index (κ1) is 12.1. The zero-order chi connectivity index (χ0) is 12.3. The lowest BCUT2D eigenvalue weighted by Gasteiger charge is -2.23. The Morgan fingerprint density at radius 2 is 2.35 bits per heavy atom. The first-order chi connectivity index (χ1) is 8.18. The molecule has 0 amide bonds. The van der Waals surface area contributed by atoms with Gasteiger partial charge in [0.1, 0.15) is 0 Å². The van der Waals surface area contributed by atoms with Crippen molar-refractivity contribution in [1.29, 1.82) is 0 Å². The number of benzene rings is 1. The van der Waals surface area contributed by atoms with Crippen molar-refractivity contribution in [1.82, 2.24) is 5.32 Å². The third kappa shape index (κ3) is 2.86. The molecule has 1 saturated heterocycles. The van der Waals surface area contributed by atoms with Crippen LogP contribution in [-0.4, -0.2) is 24.2 Å². The summed E-state index contributed by atoms with van der Waals surface area (Å²) in [4.78, 5) is 11.0. The van der Waals surface area contributed by atoms with Crippen molar-refractivity contribution in [3.8, 4) is 0 Å². The minimum atomic E-state index is -0.760. The highest BCUT2D eigenvalue weighted by Gasteiger charge is 2.18. The van der Waals surface area contributed by atoms with Gasteiger partial charge in [0.25, 0.3) is 0 Å². The zero-order valence-corrected chi connectivity index (χ0v) is 10.1. The van der Waals surface area contributed by atoms with Crippen molar-refractivity contribution in [2.45, 2.75) is 31.6 Å². The monoisotopic (exact) mass is 233 g/mol. The molecule has 92 valence electrons. The number of piperidine rings is 1. The van der Waals surface area contributed by atoms with Gasteiger partial charge in [0.05, 0.1) is 5.92 Å². The maximum absolute atomic E-state index is 11.0. The summed E-state index contributed by atoms with van der Waals surface area (Å²) in [5, 5.41) is 12.4. The quantitative estimate of drug-likeness (QED) is 0.842. The van der Waals surface area contributed by atoms with Gasteiger partial charge >= 0.3 is 5.97 Å². The number of carbonyl (C=O) groups is 1. The molecule has 0 aromatic heterocycles. The van der Waals surface area contributed by atoms with E-state index >= 15 is 0 Å². The van der Waals surface area contributed by atoms with E-state index in [2.05, 4.69) is 17.4 Å². The number of aliphatic carboxylic acids is 1. The molecule has 17 heavy (non-hydrogen) atoms. The molecule has 1 fully saturated rings. The molecule has 0 radical (unpaired) electrons. The van der Waals surface area contributed by atoms with E-state index in [1.165, 1.54) is 18.4 Å². The number of hydrogen-bond acceptors (Lipinski definition) is 2. The molecule has 1 aromatic carbocycles. The molecular formula is C14H19NO2. The van der Waals surface area contributed by atoms with Crippen LogP contribution in [0.15, 0.2) is 24.3 Å². The third-order valence-corrected chi connectivity index (χ3v) is 3.55. The molecule has 1 aliphatic heterocycles. The van der Waals surface area contributed by atoms with Gasteiger partial charge in [-0.05, 0) is 43.4 Å². The van der Waals surface area contributed by atoms with Gasteiger partial charge in [-0.15, -0.1) is 0 Å². The molecule has 0 bridgehead atoms. The van der Waals surface area contributed by atoms with E-state index in [1.807, 2.05) is 12.1 Å². The minimum absolute atomic E-state index is 0.425. The highest BCUT2D eigenvalue weighted by atomic mass is 16.4. The van der Waals surface area contributed by atoms with E-state index < -0.39 is 11.9 Å². The molecule has 2 unspecified atom stereocenters. The summed E-state index contributed by atoms with van der Waals surface area (Å²) >= 11 is 0. The van der Waals surface area contributed by atoms with Gasteiger partial charge in [0, 0.05) is 6.54 Å². The lowest BCUT2D eigenvalue weighted by molar-refractivity contribution is -0.138. The molecular weight excluding hydrogens is 214 g/mol. The number of rotatable bonds is 3. The Morgan fingerprint density at radius 1 is 1.53 bits per heavy atom. The minimum Gasteiger partial charge on any atom is -0.481 e. The van der Waals surface area contributed by atoms with Gasteiger partial charge in [0.2, 0.25) is 0 Å². The summed E-state index contributed by atoms with van der Waals surface area (Å²) in [7, 11) is 0. The van der Waals surface area contributed by atoms with E-state index in [0.29, 0.717) is 5.92 Å². The predicted octanol–water partition coefficient (Wildman–Crippen LogP) is 2.34. The van der Waals surface area contributed by atoms with E-state index in [1.54, 1.807) is 6.92 Å². The van der Waals surface area contributed by atoms with Crippen molar-refractivity contribution >= 4 is 5.97 Å². The van der Waals surface area contributed by atoms with Crippen LogP contribution in [0.2, 0.25) is 0 Å². The number of nitrogens with one attached hydrogen (secondary N) is 1. The molecule has 3 heteroatoms. The van der Waals surface area contributed by atoms with Crippen molar-refractivity contribution in [2.75, 3.05) is 13.1 Å². The predicted molar refractivity (Wildman–Crippen MR) is 67.3 cm³/mol. The summed E-state index contributed by atoms with van der Waals surface area (Å²) in [6.45, 7) is 3.84. The van der Waals surface area contributed by atoms with Gasteiger partial charge < -0.3 is 10.4 Å². The molecule has 2 N–H and O–H groups in total. The molecule has 1 heterocycles. The second kappa shape index (κ2) is 5.32. The highest BCUT2D eigenvalue weighted by molar-refractivity contribution is 5.75. The van der Waals surface area contributed by atoms with Crippen molar-refractivity contribution in [3.63, 3.8) is 0 Å².